The van der Waals surface area contributed by atoms with E-state index in [-0.39, 0.29) is 11.9 Å². The molecule has 1 heterocycles. The van der Waals surface area contributed by atoms with Gasteiger partial charge in [0.15, 0.2) is 0 Å². The van der Waals surface area contributed by atoms with Crippen LogP contribution in [-0.2, 0) is 7.05 Å². The van der Waals surface area contributed by atoms with E-state index in [2.05, 4.69) is 83.4 Å². The molecule has 0 fully saturated rings. The van der Waals surface area contributed by atoms with Crippen molar-refractivity contribution in [1.29, 1.82) is 0 Å². The van der Waals surface area contributed by atoms with Gasteiger partial charge in [-0.15, -0.1) is 0 Å². The average molecular weight is 468 g/mol. The van der Waals surface area contributed by atoms with E-state index in [1.165, 1.54) is 19.9 Å². The molecule has 0 bridgehead atoms. The molecule has 1 N–H and O–H groups in total. The second-order valence-corrected chi connectivity index (χ2v) is 8.25. The van der Waals surface area contributed by atoms with Crippen LogP contribution >= 0.6 is 22.6 Å². The molecule has 4 heteroatoms. The van der Waals surface area contributed by atoms with Gasteiger partial charge in [0.25, 0.3) is 5.91 Å². The molecule has 0 saturated carbocycles. The summed E-state index contributed by atoms with van der Waals surface area (Å²) < 4.78 is 3.18. The standard InChI is InChI=1S/C23H21IN2O/c1-14-12-21-20(19-7-5-4-6-18(14)19)13-22(26(21)3)23(27)25-15(2)16-8-10-17(24)11-9-16/h4-13,15H,1-3H3,(H,25,27)/t15-/m1/s1. The number of amides is 1. The van der Waals surface area contributed by atoms with E-state index in [0.29, 0.717) is 5.69 Å². The zero-order chi connectivity index (χ0) is 19.1. The van der Waals surface area contributed by atoms with E-state index in [0.717, 1.165) is 16.5 Å². The number of hydrogen-bond acceptors (Lipinski definition) is 1. The molecule has 3 nitrogen and oxygen atoms in total. The molecule has 0 saturated heterocycles. The quantitative estimate of drug-likeness (QED) is 0.383. The van der Waals surface area contributed by atoms with Gasteiger partial charge in [0.05, 0.1) is 6.04 Å². The lowest BCUT2D eigenvalue weighted by Crippen LogP contribution is -2.28. The maximum absolute atomic E-state index is 13.0. The Morgan fingerprint density at radius 1 is 1.00 bits per heavy atom. The normalized spacial score (nSPS) is 12.4. The fourth-order valence-corrected chi connectivity index (χ4v) is 4.04. The summed E-state index contributed by atoms with van der Waals surface area (Å²) in [5, 5.41) is 6.67. The first-order valence-corrected chi connectivity index (χ1v) is 10.1. The Labute approximate surface area is 172 Å². The molecule has 0 spiro atoms. The molecule has 0 aliphatic heterocycles. The molecule has 1 atom stereocenters. The number of nitrogens with zero attached hydrogens (tertiary/aromatic N) is 1. The number of halogens is 1. The molecule has 136 valence electrons. The minimum atomic E-state index is -0.0542. The summed E-state index contributed by atoms with van der Waals surface area (Å²) in [6, 6.07) is 20.7. The van der Waals surface area contributed by atoms with Crippen LogP contribution in [0.15, 0.2) is 60.7 Å². The van der Waals surface area contributed by atoms with Gasteiger partial charge < -0.3 is 9.88 Å². The number of fused-ring (bicyclic) bond motifs is 3. The highest BCUT2D eigenvalue weighted by Gasteiger charge is 2.18. The van der Waals surface area contributed by atoms with Gasteiger partial charge in [-0.25, -0.2) is 0 Å². The summed E-state index contributed by atoms with van der Waals surface area (Å²) in [7, 11) is 1.96. The number of hydrogen-bond donors (Lipinski definition) is 1. The van der Waals surface area contributed by atoms with Crippen molar-refractivity contribution in [3.05, 3.63) is 81.1 Å². The Morgan fingerprint density at radius 2 is 1.67 bits per heavy atom. The Morgan fingerprint density at radius 3 is 2.37 bits per heavy atom. The summed E-state index contributed by atoms with van der Waals surface area (Å²) >= 11 is 2.29. The van der Waals surface area contributed by atoms with Gasteiger partial charge in [-0.3, -0.25) is 4.79 Å². The van der Waals surface area contributed by atoms with Crippen molar-refractivity contribution >= 4 is 50.2 Å². The Balaban J connectivity index is 1.73. The van der Waals surface area contributed by atoms with Crippen LogP contribution in [0, 0.1) is 10.5 Å². The van der Waals surface area contributed by atoms with Crippen LogP contribution in [0.5, 0.6) is 0 Å². The van der Waals surface area contributed by atoms with E-state index < -0.39 is 0 Å². The third-order valence-electron chi connectivity index (χ3n) is 5.23. The zero-order valence-corrected chi connectivity index (χ0v) is 17.7. The van der Waals surface area contributed by atoms with Crippen LogP contribution in [-0.4, -0.2) is 10.5 Å². The molecule has 0 aliphatic rings. The van der Waals surface area contributed by atoms with E-state index in [4.69, 9.17) is 0 Å². The van der Waals surface area contributed by atoms with Crippen LogP contribution in [0.4, 0.5) is 0 Å². The third kappa shape index (κ3) is 3.23. The Hall–Kier alpha value is -2.34. The lowest BCUT2D eigenvalue weighted by atomic mass is 10.0. The number of carbonyl (C=O) groups is 1. The van der Waals surface area contributed by atoms with Gasteiger partial charge in [-0.2, -0.15) is 0 Å². The van der Waals surface area contributed by atoms with Crippen molar-refractivity contribution in [1.82, 2.24) is 9.88 Å². The smallest absolute Gasteiger partial charge is 0.268 e. The van der Waals surface area contributed by atoms with Crippen molar-refractivity contribution in [2.45, 2.75) is 19.9 Å². The summed E-state index contributed by atoms with van der Waals surface area (Å²) in [4.78, 5) is 13.0. The third-order valence-corrected chi connectivity index (χ3v) is 5.94. The second kappa shape index (κ2) is 7.00. The topological polar surface area (TPSA) is 34.0 Å². The molecule has 3 aromatic carbocycles. The maximum Gasteiger partial charge on any atom is 0.268 e. The number of benzene rings is 3. The van der Waals surface area contributed by atoms with Crippen LogP contribution in [0.25, 0.3) is 21.7 Å². The highest BCUT2D eigenvalue weighted by Crippen LogP contribution is 2.30. The number of rotatable bonds is 3. The number of aromatic nitrogens is 1. The van der Waals surface area contributed by atoms with Crippen LogP contribution in [0.1, 0.15) is 34.6 Å². The number of aryl methyl sites for hydroxylation is 2. The molecule has 4 aromatic rings. The minimum Gasteiger partial charge on any atom is -0.344 e. The van der Waals surface area contributed by atoms with Gasteiger partial charge in [0.2, 0.25) is 0 Å². The SMILES string of the molecule is Cc1cc2c(cc(C(=O)N[C@H](C)c3ccc(I)cc3)n2C)c2ccccc12. The molecule has 0 unspecified atom stereocenters. The fourth-order valence-electron chi connectivity index (χ4n) is 3.68. The Kier molecular flexibility index (Phi) is 4.68. The number of nitrogens with one attached hydrogen (secondary N) is 1. The molecule has 0 radical (unpaired) electrons. The summed E-state index contributed by atoms with van der Waals surface area (Å²) in [6.45, 7) is 4.13. The Bertz CT molecular complexity index is 1160. The van der Waals surface area contributed by atoms with Crippen LogP contribution in [0.2, 0.25) is 0 Å². The second-order valence-electron chi connectivity index (χ2n) is 7.01. The molecule has 0 aliphatic carbocycles. The summed E-state index contributed by atoms with van der Waals surface area (Å²) in [5.74, 6) is -0.0542. The molecule has 1 aromatic heterocycles. The minimum absolute atomic E-state index is 0.0500. The predicted octanol–water partition coefficient (Wildman–Crippen LogP) is 5.74. The van der Waals surface area contributed by atoms with Gasteiger partial charge >= 0.3 is 0 Å². The highest BCUT2D eigenvalue weighted by molar-refractivity contribution is 14.1. The highest BCUT2D eigenvalue weighted by atomic mass is 127. The molecular formula is C23H21IN2O. The summed E-state index contributed by atoms with van der Waals surface area (Å²) in [5.41, 5.74) is 4.08. The molecule has 4 rings (SSSR count). The van der Waals surface area contributed by atoms with Crippen molar-refractivity contribution in [3.63, 3.8) is 0 Å². The number of carbonyl (C=O) groups excluding carboxylic acids is 1. The van der Waals surface area contributed by atoms with Crippen molar-refractivity contribution < 1.29 is 4.79 Å². The van der Waals surface area contributed by atoms with Gasteiger partial charge in [-0.1, -0.05) is 36.4 Å². The van der Waals surface area contributed by atoms with Crippen LogP contribution in [0.3, 0.4) is 0 Å². The first kappa shape index (κ1) is 18.0. The fraction of sp³-hybridized carbons (Fsp3) is 0.174. The van der Waals surface area contributed by atoms with Gasteiger partial charge in [0, 0.05) is 21.5 Å². The molecular weight excluding hydrogens is 447 g/mol. The van der Waals surface area contributed by atoms with Crippen molar-refractivity contribution in [3.8, 4) is 0 Å². The van der Waals surface area contributed by atoms with Gasteiger partial charge in [0.1, 0.15) is 5.69 Å². The zero-order valence-electron chi connectivity index (χ0n) is 15.6. The molecule has 1 amide bonds. The van der Waals surface area contributed by atoms with Crippen LogP contribution < -0.4 is 5.32 Å². The van der Waals surface area contributed by atoms with E-state index in [1.807, 2.05) is 30.7 Å². The lowest BCUT2D eigenvalue weighted by molar-refractivity contribution is 0.0932. The largest absolute Gasteiger partial charge is 0.344 e. The van der Waals surface area contributed by atoms with E-state index in [9.17, 15) is 4.79 Å². The van der Waals surface area contributed by atoms with Crippen molar-refractivity contribution in [2.24, 2.45) is 7.05 Å². The first-order valence-electron chi connectivity index (χ1n) is 9.00. The predicted molar refractivity (Wildman–Crippen MR) is 120 cm³/mol. The first-order chi connectivity index (χ1) is 13.0. The summed E-state index contributed by atoms with van der Waals surface area (Å²) in [6.07, 6.45) is 0. The van der Waals surface area contributed by atoms with E-state index in [1.54, 1.807) is 0 Å². The lowest BCUT2D eigenvalue weighted by Gasteiger charge is -2.15. The van der Waals surface area contributed by atoms with Gasteiger partial charge in [-0.05, 0) is 82.6 Å². The average Bonchev–Trinajstić information content (AvgIpc) is 2.99. The van der Waals surface area contributed by atoms with Crippen molar-refractivity contribution in [2.75, 3.05) is 0 Å². The molecule has 27 heavy (non-hydrogen) atoms. The maximum atomic E-state index is 13.0. The van der Waals surface area contributed by atoms with E-state index >= 15 is 0 Å². The monoisotopic (exact) mass is 468 g/mol.